The highest BCUT2D eigenvalue weighted by Crippen LogP contribution is 2.28. The maximum atomic E-state index is 12.4. The lowest BCUT2D eigenvalue weighted by atomic mass is 10.1. The Bertz CT molecular complexity index is 872. The number of thiophene rings is 1. The molecule has 0 bridgehead atoms. The summed E-state index contributed by atoms with van der Waals surface area (Å²) in [6, 6.07) is 13.6. The zero-order valence-electron chi connectivity index (χ0n) is 14.4. The van der Waals surface area contributed by atoms with Gasteiger partial charge in [-0.2, -0.15) is 0 Å². The van der Waals surface area contributed by atoms with Crippen LogP contribution in [0.2, 0.25) is 0 Å². The monoisotopic (exact) mass is 355 g/mol. The molecule has 3 rings (SSSR count). The topological polar surface area (TPSA) is 47.6 Å². The first-order valence-corrected chi connectivity index (χ1v) is 9.15. The van der Waals surface area contributed by atoms with E-state index in [1.165, 1.54) is 15.6 Å². The van der Waals surface area contributed by atoms with Gasteiger partial charge in [0.25, 0.3) is 5.91 Å². The number of methoxy groups -OCH3 is 1. The number of nitrogens with one attached hydrogen (secondary N) is 1. The lowest BCUT2D eigenvalue weighted by Crippen LogP contribution is -2.25. The minimum atomic E-state index is -0.108. The molecule has 0 fully saturated rings. The van der Waals surface area contributed by atoms with Crippen LogP contribution in [0.3, 0.4) is 0 Å². The summed E-state index contributed by atoms with van der Waals surface area (Å²) in [6.07, 6.45) is 0.810. The van der Waals surface area contributed by atoms with E-state index in [1.807, 2.05) is 19.1 Å². The molecular formula is C20H21NO3S. The van der Waals surface area contributed by atoms with Crippen LogP contribution < -0.4 is 14.8 Å². The molecule has 1 N–H and O–H groups in total. The molecule has 5 heteroatoms. The SMILES string of the molecule is CCOc1cc(C(=O)NCCc2csc3ccccc23)ccc1OC. The standard InChI is InChI=1S/C20H21NO3S/c1-3-24-18-12-14(8-9-17(18)23-2)20(22)21-11-10-15-13-25-19-7-5-4-6-16(15)19/h4-9,12-13H,3,10-11H2,1-2H3,(H,21,22). The Morgan fingerprint density at radius 2 is 2.00 bits per heavy atom. The molecule has 0 aliphatic heterocycles. The normalized spacial score (nSPS) is 10.6. The Hall–Kier alpha value is -2.53. The van der Waals surface area contributed by atoms with Crippen LogP contribution in [0.5, 0.6) is 11.5 Å². The van der Waals surface area contributed by atoms with E-state index in [9.17, 15) is 4.79 Å². The van der Waals surface area contributed by atoms with E-state index >= 15 is 0 Å². The third kappa shape index (κ3) is 3.94. The van der Waals surface area contributed by atoms with E-state index in [0.717, 1.165) is 6.42 Å². The number of rotatable bonds is 7. The third-order valence-corrected chi connectivity index (χ3v) is 4.98. The number of carbonyl (C=O) groups excluding carboxylic acids is 1. The van der Waals surface area contributed by atoms with Crippen LogP contribution in [-0.4, -0.2) is 26.2 Å². The Morgan fingerprint density at radius 3 is 2.80 bits per heavy atom. The van der Waals surface area contributed by atoms with Gasteiger partial charge in [-0.15, -0.1) is 11.3 Å². The second-order valence-corrected chi connectivity index (χ2v) is 6.47. The Labute approximate surface area is 151 Å². The number of fused-ring (bicyclic) bond motifs is 1. The quantitative estimate of drug-likeness (QED) is 0.688. The molecule has 1 amide bonds. The molecule has 25 heavy (non-hydrogen) atoms. The van der Waals surface area contributed by atoms with Crippen molar-refractivity contribution in [2.24, 2.45) is 0 Å². The molecule has 130 valence electrons. The molecule has 0 spiro atoms. The van der Waals surface area contributed by atoms with Gasteiger partial charge in [0.1, 0.15) is 0 Å². The van der Waals surface area contributed by atoms with E-state index in [0.29, 0.717) is 30.2 Å². The molecule has 0 saturated heterocycles. The molecule has 1 aromatic heterocycles. The summed E-state index contributed by atoms with van der Waals surface area (Å²) in [6.45, 7) is 3.01. The minimum absolute atomic E-state index is 0.108. The lowest BCUT2D eigenvalue weighted by molar-refractivity contribution is 0.0953. The van der Waals surface area contributed by atoms with Crippen molar-refractivity contribution in [2.45, 2.75) is 13.3 Å². The predicted molar refractivity (Wildman–Crippen MR) is 102 cm³/mol. The first kappa shape index (κ1) is 17.3. The van der Waals surface area contributed by atoms with Crippen LogP contribution in [0.15, 0.2) is 47.8 Å². The molecule has 0 atom stereocenters. The first-order valence-electron chi connectivity index (χ1n) is 8.27. The maximum absolute atomic E-state index is 12.4. The first-order chi connectivity index (χ1) is 12.2. The second-order valence-electron chi connectivity index (χ2n) is 5.56. The van der Waals surface area contributed by atoms with E-state index in [1.54, 1.807) is 36.6 Å². The van der Waals surface area contributed by atoms with E-state index in [-0.39, 0.29) is 5.91 Å². The molecule has 0 unspecified atom stereocenters. The number of carbonyl (C=O) groups is 1. The molecule has 1 heterocycles. The number of benzene rings is 2. The number of amides is 1. The van der Waals surface area contributed by atoms with Gasteiger partial charge in [-0.3, -0.25) is 4.79 Å². The summed E-state index contributed by atoms with van der Waals surface area (Å²) in [7, 11) is 1.59. The highest BCUT2D eigenvalue weighted by Gasteiger charge is 2.11. The summed E-state index contributed by atoms with van der Waals surface area (Å²) < 4.78 is 12.1. The molecule has 0 saturated carbocycles. The Morgan fingerprint density at radius 1 is 1.16 bits per heavy atom. The minimum Gasteiger partial charge on any atom is -0.493 e. The van der Waals surface area contributed by atoms with Crippen molar-refractivity contribution < 1.29 is 14.3 Å². The molecule has 3 aromatic rings. The van der Waals surface area contributed by atoms with Gasteiger partial charge in [-0.05, 0) is 53.9 Å². The predicted octanol–water partition coefficient (Wildman–Crippen LogP) is 4.28. The fraction of sp³-hybridized carbons (Fsp3) is 0.250. The van der Waals surface area contributed by atoms with Crippen LogP contribution in [0, 0.1) is 0 Å². The van der Waals surface area contributed by atoms with E-state index < -0.39 is 0 Å². The van der Waals surface area contributed by atoms with Crippen LogP contribution >= 0.6 is 11.3 Å². The highest BCUT2D eigenvalue weighted by molar-refractivity contribution is 7.17. The fourth-order valence-corrected chi connectivity index (χ4v) is 3.72. The van der Waals surface area contributed by atoms with Crippen LogP contribution in [0.4, 0.5) is 0 Å². The van der Waals surface area contributed by atoms with Gasteiger partial charge in [0.15, 0.2) is 11.5 Å². The molecule has 0 radical (unpaired) electrons. The van der Waals surface area contributed by atoms with E-state index in [4.69, 9.17) is 9.47 Å². The van der Waals surface area contributed by atoms with Crippen LogP contribution in [-0.2, 0) is 6.42 Å². The highest BCUT2D eigenvalue weighted by atomic mass is 32.1. The van der Waals surface area contributed by atoms with Crippen molar-refractivity contribution in [3.8, 4) is 11.5 Å². The molecule has 0 aliphatic carbocycles. The zero-order chi connectivity index (χ0) is 17.6. The average Bonchev–Trinajstić information content (AvgIpc) is 3.05. The summed E-state index contributed by atoms with van der Waals surface area (Å²) in [5, 5.41) is 6.41. The van der Waals surface area contributed by atoms with Gasteiger partial charge in [-0.1, -0.05) is 18.2 Å². The smallest absolute Gasteiger partial charge is 0.251 e. The van der Waals surface area contributed by atoms with Crippen molar-refractivity contribution in [1.82, 2.24) is 5.32 Å². The molecule has 2 aromatic carbocycles. The zero-order valence-corrected chi connectivity index (χ0v) is 15.2. The number of hydrogen-bond donors (Lipinski definition) is 1. The van der Waals surface area contributed by atoms with Gasteiger partial charge in [0, 0.05) is 16.8 Å². The van der Waals surface area contributed by atoms with E-state index in [2.05, 4.69) is 22.8 Å². The van der Waals surface area contributed by atoms with Gasteiger partial charge in [-0.25, -0.2) is 0 Å². The summed E-state index contributed by atoms with van der Waals surface area (Å²) in [4.78, 5) is 12.4. The van der Waals surface area contributed by atoms with Crippen molar-refractivity contribution in [3.05, 3.63) is 59.0 Å². The molecule has 4 nitrogen and oxygen atoms in total. The van der Waals surface area contributed by atoms with Gasteiger partial charge >= 0.3 is 0 Å². The second kappa shape index (κ2) is 8.03. The fourth-order valence-electron chi connectivity index (χ4n) is 2.73. The lowest BCUT2D eigenvalue weighted by Gasteiger charge is -2.11. The van der Waals surface area contributed by atoms with Crippen LogP contribution in [0.25, 0.3) is 10.1 Å². The maximum Gasteiger partial charge on any atom is 0.251 e. The van der Waals surface area contributed by atoms with Crippen molar-refractivity contribution in [2.75, 3.05) is 20.3 Å². The third-order valence-electron chi connectivity index (χ3n) is 3.97. The summed E-state index contributed by atoms with van der Waals surface area (Å²) in [5.41, 5.74) is 1.84. The molecular weight excluding hydrogens is 334 g/mol. The van der Waals surface area contributed by atoms with Gasteiger partial charge in [0.05, 0.1) is 13.7 Å². The van der Waals surface area contributed by atoms with Crippen molar-refractivity contribution in [3.63, 3.8) is 0 Å². The van der Waals surface area contributed by atoms with Crippen molar-refractivity contribution >= 4 is 27.3 Å². The van der Waals surface area contributed by atoms with Gasteiger partial charge < -0.3 is 14.8 Å². The Balaban J connectivity index is 1.63. The molecule has 0 aliphatic rings. The summed E-state index contributed by atoms with van der Waals surface area (Å²) >= 11 is 1.74. The summed E-state index contributed by atoms with van der Waals surface area (Å²) in [5.74, 6) is 1.10. The van der Waals surface area contributed by atoms with Gasteiger partial charge in [0.2, 0.25) is 0 Å². The number of ether oxygens (including phenoxy) is 2. The number of hydrogen-bond acceptors (Lipinski definition) is 4. The Kier molecular flexibility index (Phi) is 5.56. The largest absolute Gasteiger partial charge is 0.493 e. The average molecular weight is 355 g/mol. The van der Waals surface area contributed by atoms with Crippen LogP contribution in [0.1, 0.15) is 22.8 Å². The van der Waals surface area contributed by atoms with Crippen molar-refractivity contribution in [1.29, 1.82) is 0 Å².